The summed E-state index contributed by atoms with van der Waals surface area (Å²) in [6, 6.07) is 45.7. The van der Waals surface area contributed by atoms with E-state index in [-0.39, 0.29) is 0 Å². The highest BCUT2D eigenvalue weighted by molar-refractivity contribution is 6.81. The molecule has 0 spiro atoms. The third-order valence-electron chi connectivity index (χ3n) is 12.5. The van der Waals surface area contributed by atoms with Gasteiger partial charge in [0.25, 0.3) is 0 Å². The van der Waals surface area contributed by atoms with Gasteiger partial charge in [0, 0.05) is 68.8 Å². The van der Waals surface area contributed by atoms with Gasteiger partial charge in [0.05, 0.1) is 8.07 Å². The van der Waals surface area contributed by atoms with Gasteiger partial charge in [0.1, 0.15) is 0 Å². The van der Waals surface area contributed by atoms with E-state index in [1.807, 2.05) is 0 Å². The molecule has 0 fully saturated rings. The van der Waals surface area contributed by atoms with Crippen LogP contribution >= 0.6 is 0 Å². The first-order valence-corrected chi connectivity index (χ1v) is 21.4. The number of rotatable bonds is 4. The smallest absolute Gasteiger partial charge is 0.0722 e. The summed E-state index contributed by atoms with van der Waals surface area (Å²) in [6.07, 6.45) is 5.03. The summed E-state index contributed by atoms with van der Waals surface area (Å²) in [6.45, 7) is 10.1. The van der Waals surface area contributed by atoms with Crippen LogP contribution in [0.15, 0.2) is 132 Å². The van der Waals surface area contributed by atoms with Gasteiger partial charge in [0.2, 0.25) is 0 Å². The van der Waals surface area contributed by atoms with Crippen LogP contribution < -0.4 is 0 Å². The highest BCUT2D eigenvalue weighted by Crippen LogP contribution is 2.54. The van der Waals surface area contributed by atoms with Crippen LogP contribution in [0.25, 0.3) is 78.0 Å². The largest absolute Gasteiger partial charge is 0.344 e. The SMILES string of the molecule is CC1=Cc2c(-c3ccc4c5ccccc5n(C)c4c3)cccc2C1[Si](C)(C)C1C(C)=Cc2c(-c3ccc4c5ccccc5n(C)c4c3)cccc21. The van der Waals surface area contributed by atoms with Crippen molar-refractivity contribution in [2.45, 2.75) is 38.0 Å². The molecule has 8 aromatic rings. The zero-order valence-electron chi connectivity index (χ0n) is 30.3. The van der Waals surface area contributed by atoms with Crippen molar-refractivity contribution in [2.24, 2.45) is 14.1 Å². The molecule has 0 radical (unpaired) electrons. The van der Waals surface area contributed by atoms with Gasteiger partial charge < -0.3 is 9.13 Å². The molecule has 0 N–H and O–H groups in total. The second-order valence-corrected chi connectivity index (χ2v) is 20.5. The number of hydrogen-bond acceptors (Lipinski definition) is 0. The predicted molar refractivity (Wildman–Crippen MR) is 222 cm³/mol. The Balaban J connectivity index is 1.05. The minimum atomic E-state index is -2.01. The molecule has 2 aromatic heterocycles. The number of hydrogen-bond donors (Lipinski definition) is 0. The summed E-state index contributed by atoms with van der Waals surface area (Å²) in [5.74, 6) is 0. The molecule has 2 unspecified atom stereocenters. The molecular weight excluding hydrogens is 633 g/mol. The molecule has 0 amide bonds. The fourth-order valence-corrected chi connectivity index (χ4v) is 15.4. The molecule has 6 aromatic carbocycles. The molecule has 2 nitrogen and oxygen atoms in total. The molecule has 10 rings (SSSR count). The highest BCUT2D eigenvalue weighted by Gasteiger charge is 2.47. The first-order valence-electron chi connectivity index (χ1n) is 18.3. The molecule has 2 atom stereocenters. The Labute approximate surface area is 301 Å². The molecule has 2 aliphatic carbocycles. The van der Waals surface area contributed by atoms with Crippen LogP contribution in [0.4, 0.5) is 0 Å². The molecule has 0 saturated carbocycles. The highest BCUT2D eigenvalue weighted by atomic mass is 28.3. The quantitative estimate of drug-likeness (QED) is 0.164. The van der Waals surface area contributed by atoms with E-state index in [9.17, 15) is 0 Å². The number of aryl methyl sites for hydroxylation is 2. The van der Waals surface area contributed by atoms with Crippen LogP contribution in [0.3, 0.4) is 0 Å². The molecule has 0 aliphatic heterocycles. The van der Waals surface area contributed by atoms with E-state index in [0.717, 1.165) is 0 Å². The summed E-state index contributed by atoms with van der Waals surface area (Å²) < 4.78 is 4.69. The van der Waals surface area contributed by atoms with Crippen molar-refractivity contribution in [3.63, 3.8) is 0 Å². The summed E-state index contributed by atoms with van der Waals surface area (Å²) in [4.78, 5) is 0. The fraction of sp³-hybridized carbons (Fsp3) is 0.167. The van der Waals surface area contributed by atoms with Gasteiger partial charge in [0.15, 0.2) is 0 Å². The fourth-order valence-electron chi connectivity index (χ4n) is 10.4. The Morgan fingerprint density at radius 2 is 0.863 bits per heavy atom. The van der Waals surface area contributed by atoms with Crippen molar-refractivity contribution in [1.29, 1.82) is 0 Å². The maximum absolute atomic E-state index is 2.64. The Bertz CT molecular complexity index is 2640. The second-order valence-electron chi connectivity index (χ2n) is 15.7. The van der Waals surface area contributed by atoms with Crippen molar-refractivity contribution in [3.8, 4) is 22.3 Å². The van der Waals surface area contributed by atoms with Gasteiger partial charge in [-0.3, -0.25) is 0 Å². The zero-order chi connectivity index (χ0) is 34.8. The zero-order valence-corrected chi connectivity index (χ0v) is 31.3. The van der Waals surface area contributed by atoms with Crippen molar-refractivity contribution in [3.05, 3.63) is 155 Å². The molecular formula is C48H42N2Si. The number of fused-ring (bicyclic) bond motifs is 8. The van der Waals surface area contributed by atoms with Gasteiger partial charge in [-0.25, -0.2) is 0 Å². The Morgan fingerprint density at radius 1 is 0.451 bits per heavy atom. The summed E-state index contributed by atoms with van der Waals surface area (Å²) in [5.41, 5.74) is 20.2. The number of para-hydroxylation sites is 2. The number of nitrogens with zero attached hydrogens (tertiary/aromatic N) is 2. The van der Waals surface area contributed by atoms with Gasteiger partial charge in [-0.1, -0.05) is 133 Å². The maximum atomic E-state index is 2.64. The molecule has 0 saturated heterocycles. The molecule has 2 aliphatic rings. The summed E-state index contributed by atoms with van der Waals surface area (Å²) >= 11 is 0. The van der Waals surface area contributed by atoms with Gasteiger partial charge in [-0.05, 0) is 82.6 Å². The molecule has 51 heavy (non-hydrogen) atoms. The Hall–Kier alpha value is -5.38. The maximum Gasteiger partial charge on any atom is 0.0722 e. The van der Waals surface area contributed by atoms with Crippen LogP contribution in [0.5, 0.6) is 0 Å². The monoisotopic (exact) mass is 674 g/mol. The van der Waals surface area contributed by atoms with E-state index < -0.39 is 8.07 Å². The Kier molecular flexibility index (Phi) is 6.45. The van der Waals surface area contributed by atoms with Crippen LogP contribution in [-0.4, -0.2) is 17.2 Å². The van der Waals surface area contributed by atoms with Crippen molar-refractivity contribution in [2.75, 3.05) is 0 Å². The van der Waals surface area contributed by atoms with Crippen LogP contribution in [0, 0.1) is 0 Å². The summed E-state index contributed by atoms with van der Waals surface area (Å²) in [7, 11) is 2.38. The normalized spacial score (nSPS) is 17.1. The van der Waals surface area contributed by atoms with E-state index in [1.54, 1.807) is 0 Å². The molecule has 0 bridgehead atoms. The van der Waals surface area contributed by atoms with Crippen LogP contribution in [0.2, 0.25) is 13.1 Å². The molecule has 2 heterocycles. The number of allylic oxidation sites excluding steroid dienone is 2. The average Bonchev–Trinajstić information content (AvgIpc) is 3.85. The first kappa shape index (κ1) is 30.4. The van der Waals surface area contributed by atoms with Crippen molar-refractivity contribution < 1.29 is 0 Å². The van der Waals surface area contributed by atoms with Crippen LogP contribution in [0.1, 0.15) is 47.2 Å². The molecule has 248 valence electrons. The van der Waals surface area contributed by atoms with Crippen molar-refractivity contribution in [1.82, 2.24) is 9.13 Å². The van der Waals surface area contributed by atoms with Crippen LogP contribution in [-0.2, 0) is 14.1 Å². The lowest BCUT2D eigenvalue weighted by Gasteiger charge is -2.39. The van der Waals surface area contributed by atoms with E-state index >= 15 is 0 Å². The lowest BCUT2D eigenvalue weighted by molar-refractivity contribution is 0.968. The third-order valence-corrected chi connectivity index (χ3v) is 17.0. The van der Waals surface area contributed by atoms with E-state index in [4.69, 9.17) is 0 Å². The lowest BCUT2D eigenvalue weighted by atomic mass is 9.96. The third kappa shape index (κ3) is 4.22. The Morgan fingerprint density at radius 3 is 1.31 bits per heavy atom. The van der Waals surface area contributed by atoms with E-state index in [1.165, 1.54) is 99.3 Å². The van der Waals surface area contributed by atoms with Gasteiger partial charge in [-0.2, -0.15) is 0 Å². The predicted octanol–water partition coefficient (Wildman–Crippen LogP) is 12.8. The first-order chi connectivity index (χ1) is 24.7. The average molecular weight is 675 g/mol. The van der Waals surface area contributed by atoms with E-state index in [2.05, 4.69) is 184 Å². The number of aromatic nitrogens is 2. The van der Waals surface area contributed by atoms with Crippen molar-refractivity contribution >= 4 is 63.8 Å². The minimum absolute atomic E-state index is 0.448. The second kappa shape index (κ2) is 10.8. The standard InChI is InChI=1S/C48H42N2Si/c1-29-25-41-33(31-21-23-37-35-13-7-9-19-43(35)49(3)45(37)27-31)15-11-17-39(41)47(29)51(5,6)48-30(2)26-42-34(16-12-18-40(42)48)32-22-24-38-36-14-8-10-20-44(36)50(4)46(38)28-32/h7-28,47-48H,1-6H3. The summed E-state index contributed by atoms with van der Waals surface area (Å²) in [5, 5.41) is 5.28. The lowest BCUT2D eigenvalue weighted by Crippen LogP contribution is -2.42. The van der Waals surface area contributed by atoms with Gasteiger partial charge >= 0.3 is 0 Å². The minimum Gasteiger partial charge on any atom is -0.344 e. The van der Waals surface area contributed by atoms with Gasteiger partial charge in [-0.15, -0.1) is 0 Å². The topological polar surface area (TPSA) is 9.86 Å². The van der Waals surface area contributed by atoms with E-state index in [0.29, 0.717) is 11.1 Å². The number of benzene rings is 6. The molecule has 3 heteroatoms.